The lowest BCUT2D eigenvalue weighted by molar-refractivity contribution is -0.402. The van der Waals surface area contributed by atoms with Gasteiger partial charge in [-0.1, -0.05) is 0 Å². The lowest BCUT2D eigenvalue weighted by Crippen LogP contribution is -2.71. The van der Waals surface area contributed by atoms with Gasteiger partial charge in [-0.25, -0.2) is 4.79 Å². The molecule has 63 heteroatoms. The minimum Gasteiger partial charge on any atom is -0.477 e. The van der Waals surface area contributed by atoms with Crippen molar-refractivity contribution < 1.29 is 287 Å². The minimum atomic E-state index is -3.35. The molecule has 0 spiro atoms. The third-order valence-corrected chi connectivity index (χ3v) is 25.9. The van der Waals surface area contributed by atoms with Crippen LogP contribution in [0, 0.1) is 0 Å². The molecule has 11 saturated heterocycles. The molecule has 11 rings (SSSR count). The first-order chi connectivity index (χ1) is 67.0. The van der Waals surface area contributed by atoms with Crippen molar-refractivity contribution >= 4 is 35.5 Å². The number of carboxylic acid groups (broad SMARTS) is 1. The van der Waals surface area contributed by atoms with Crippen LogP contribution in [0.5, 0.6) is 0 Å². The van der Waals surface area contributed by atoms with Gasteiger partial charge in [0, 0.05) is 41.0 Å². The number of carboxylic acids is 1. The van der Waals surface area contributed by atoms with Gasteiger partial charge in [0.15, 0.2) is 62.9 Å². The fourth-order valence-electron chi connectivity index (χ4n) is 18.5. The molecule has 142 heavy (non-hydrogen) atoms. The average Bonchev–Trinajstić information content (AvgIpc) is 0.738. The second-order valence-electron chi connectivity index (χ2n) is 35.9. The molecule has 820 valence electrons. The smallest absolute Gasteiger partial charge is 0.364 e. The van der Waals surface area contributed by atoms with Gasteiger partial charge >= 0.3 is 5.97 Å². The highest BCUT2D eigenvalue weighted by Gasteiger charge is 2.65. The number of rotatable bonds is 38. The number of hydrogen-bond acceptors (Lipinski definition) is 57. The SMILES string of the molecule is CC(=O)N[C@@H]1[C@@H](O)[C@H](O[C@@H]2O[C@H](CO)[C@@H](O[C@@H]3O[C@H](CO[C@H]4O[C@H](CO)[C@@H](O)[C@H](O)[C@@H]4O[C@@H]4O[C@H](CO)[C@@H](O[C@@H]5O[C@H](CO)[C@H](O)[C@H](O)[C@H]5O)[C@H](O[C@@H]5O[C@@H](C)[C@@H](O)[C@@H](O)[C@@H]5O)[C@H]4NC(C)=O)[C@@H](O)[C@H](O[C@H]4O[C@H](CO)[C@@H](O)[C@H](O)[C@@H]4O[C@@H]4O[C@H](CO)[C@@H](O[C@@H]5O[C@H](CO)[C@H](O)[C@H](O[C@]6(C(=O)O)C[C@H](O)[C@@H](NC(C)=O)[C@H]([C@H](O)[C@H](O)CO)O6)[C@H]5O)[C@H](O)[C@H]4NC(C)=O)[C@@H]3O)[C@H](O)[C@H]2NC(C)=O)[C@@H](CO)O[C@H]1O. The van der Waals surface area contributed by atoms with Crippen LogP contribution in [-0.2, 0) is 128 Å². The van der Waals surface area contributed by atoms with Gasteiger partial charge in [0.25, 0.3) is 5.79 Å². The molecular formula is C79H131N5O58. The van der Waals surface area contributed by atoms with E-state index in [4.69, 9.17) is 99.5 Å². The number of aliphatic carboxylic acids is 1. The zero-order valence-corrected chi connectivity index (χ0v) is 76.4. The van der Waals surface area contributed by atoms with E-state index in [0.717, 1.165) is 34.6 Å². The van der Waals surface area contributed by atoms with Crippen molar-refractivity contribution in [3.8, 4) is 0 Å². The Morgan fingerprint density at radius 2 is 0.627 bits per heavy atom. The third kappa shape index (κ3) is 25.6. The summed E-state index contributed by atoms with van der Waals surface area (Å²) in [6.07, 6.45) is -112. The topological polar surface area (TPSA) is 984 Å². The number of carbonyl (C=O) groups is 6. The van der Waals surface area contributed by atoms with Crippen LogP contribution in [-0.4, -0.2) is 603 Å². The molecule has 0 saturated carbocycles. The maximum absolute atomic E-state index is 13.6. The summed E-state index contributed by atoms with van der Waals surface area (Å²) in [5, 5.41) is 362. The van der Waals surface area contributed by atoms with Crippen molar-refractivity contribution in [1.82, 2.24) is 26.6 Å². The van der Waals surface area contributed by atoms with Gasteiger partial charge in [-0.2, -0.15) is 0 Å². The normalized spacial score (nSPS) is 48.0. The lowest BCUT2D eigenvalue weighted by atomic mass is 9.88. The van der Waals surface area contributed by atoms with Gasteiger partial charge in [0.1, 0.15) is 256 Å². The second kappa shape index (κ2) is 50.6. The Hall–Kier alpha value is -5.22. The predicted molar refractivity (Wildman–Crippen MR) is 436 cm³/mol. The number of ether oxygens (including phenoxy) is 21. The molecule has 0 unspecified atom stereocenters. The van der Waals surface area contributed by atoms with Crippen LogP contribution < -0.4 is 26.6 Å². The Bertz CT molecular complexity index is 4010. The quantitative estimate of drug-likeness (QED) is 0.0273. The summed E-state index contributed by atoms with van der Waals surface area (Å²) in [6, 6.07) is -9.77. The first kappa shape index (κ1) is 117. The fraction of sp³-hybridized carbons (Fsp3) is 0.924. The summed E-state index contributed by atoms with van der Waals surface area (Å²) in [5.74, 6) is -10.4. The van der Waals surface area contributed by atoms with E-state index in [-0.39, 0.29) is 0 Å². The summed E-state index contributed by atoms with van der Waals surface area (Å²) >= 11 is 0. The fourth-order valence-corrected chi connectivity index (χ4v) is 18.5. The third-order valence-electron chi connectivity index (χ3n) is 25.9. The van der Waals surface area contributed by atoms with Crippen LogP contribution in [0.1, 0.15) is 48.0 Å². The number of aliphatic hydroxyl groups is 30. The molecule has 0 aromatic rings. The zero-order chi connectivity index (χ0) is 105. The van der Waals surface area contributed by atoms with Crippen molar-refractivity contribution in [1.29, 1.82) is 0 Å². The van der Waals surface area contributed by atoms with Gasteiger partial charge < -0.3 is 284 Å². The predicted octanol–water partition coefficient (Wildman–Crippen LogP) is -24.0. The number of nitrogens with one attached hydrogen (secondary N) is 5. The molecule has 11 aliphatic heterocycles. The molecular weight excluding hydrogens is 1950 g/mol. The molecule has 11 fully saturated rings. The van der Waals surface area contributed by atoms with Gasteiger partial charge in [-0.05, 0) is 6.92 Å². The van der Waals surface area contributed by atoms with E-state index in [0.29, 0.717) is 0 Å². The summed E-state index contributed by atoms with van der Waals surface area (Å²) < 4.78 is 126. The number of amides is 5. The highest BCUT2D eigenvalue weighted by molar-refractivity contribution is 5.77. The van der Waals surface area contributed by atoms with Crippen molar-refractivity contribution in [3.63, 3.8) is 0 Å². The van der Waals surface area contributed by atoms with E-state index in [2.05, 4.69) is 26.6 Å². The van der Waals surface area contributed by atoms with Gasteiger partial charge in [0.2, 0.25) is 29.5 Å². The van der Waals surface area contributed by atoms with E-state index in [1.807, 2.05) is 0 Å². The van der Waals surface area contributed by atoms with Gasteiger partial charge in [0.05, 0.1) is 84.3 Å². The van der Waals surface area contributed by atoms with Crippen LogP contribution in [0.15, 0.2) is 0 Å². The minimum absolute atomic E-state index is 0.831. The summed E-state index contributed by atoms with van der Waals surface area (Å²) in [4.78, 5) is 78.0. The van der Waals surface area contributed by atoms with E-state index in [9.17, 15) is 187 Å². The van der Waals surface area contributed by atoms with Gasteiger partial charge in [-0.3, -0.25) is 24.0 Å². The molecule has 63 nitrogen and oxygen atoms in total. The zero-order valence-electron chi connectivity index (χ0n) is 76.4. The molecule has 36 N–H and O–H groups in total. The largest absolute Gasteiger partial charge is 0.477 e. The van der Waals surface area contributed by atoms with Crippen LogP contribution in [0.2, 0.25) is 0 Å². The molecule has 5 amide bonds. The van der Waals surface area contributed by atoms with Crippen molar-refractivity contribution in [2.45, 2.75) is 391 Å². The Morgan fingerprint density at radius 3 is 1.09 bits per heavy atom. The van der Waals surface area contributed by atoms with Gasteiger partial charge in [-0.15, -0.1) is 0 Å². The molecule has 0 radical (unpaired) electrons. The molecule has 0 aromatic carbocycles. The maximum Gasteiger partial charge on any atom is 0.364 e. The number of aliphatic hydroxyl groups excluding tert-OH is 30. The monoisotopic (exact) mass is 2080 g/mol. The van der Waals surface area contributed by atoms with E-state index >= 15 is 0 Å². The number of carbonyl (C=O) groups excluding carboxylic acids is 5. The number of hydrogen-bond donors (Lipinski definition) is 36. The van der Waals surface area contributed by atoms with Crippen molar-refractivity contribution in [2.75, 3.05) is 66.1 Å². The van der Waals surface area contributed by atoms with Crippen LogP contribution in [0.3, 0.4) is 0 Å². The standard InChI is InChI=1S/C79H131N5O58/c1-18-40(101)50(111)54(115)72(123-18)137-63-39(84-23(6)98)71(131-33(16-93)61(63)136-73-55(116)51(112)42(103)26(9-86)125-73)139-66-52(113)43(104)27(10-87)127-76(66)122-17-34-46(107)64(56(117)74(132-34)134-59-31(14-91)129-69(37(48(59)109)82-21(4)96)133-58-30(13-90)124-68(119)36(47(58)108)81-20(3)95)138-77-67(53(114)44(105)28(11-88)128-77)140-70-38(83-22(5)97)49(110)60(32(15-92)130-70)135-75-57(118)65(45(106)29(12-89)126-75)142-79(78(120)121)7-24(99)35(80-19(2)94)62(141-79)41(102)25(100)8-85/h18,24-77,85-93,99-119H,7-17H2,1-6H3,(H,80,94)(H,81,95)(H,82,96)(H,83,97)(H,84,98)(H,120,121)/t18-,24-,25+,26+,27+,28+,29+,30+,31+,32+,33+,34+,35+,36+,37+,38+,39+,40+,41+,42-,43+,44+,45-,46+,47+,48+,49+,50+,51-,52-,53-,54-,55+,56-,57+,58+,59+,60+,61+,62+,63+,64-,65-,66-,67-,68+,69-,70-,71-,72-,73-,74-,75-,76-,77+,79-/m0/s1. The molecule has 0 aliphatic carbocycles. The van der Waals surface area contributed by atoms with Crippen LogP contribution in [0.4, 0.5) is 0 Å². The molecule has 0 aromatic heterocycles. The molecule has 11 heterocycles. The molecule has 56 atom stereocenters. The van der Waals surface area contributed by atoms with E-state index in [1.54, 1.807) is 0 Å². The summed E-state index contributed by atoms with van der Waals surface area (Å²) in [5.41, 5.74) is 0. The van der Waals surface area contributed by atoms with Crippen molar-refractivity contribution in [3.05, 3.63) is 0 Å². The molecule has 0 bridgehead atoms. The Balaban J connectivity index is 0.935. The van der Waals surface area contributed by atoms with Crippen LogP contribution in [0.25, 0.3) is 0 Å². The highest BCUT2D eigenvalue weighted by atomic mass is 16.8. The Kier molecular flexibility index (Phi) is 41.7. The second-order valence-corrected chi connectivity index (χ2v) is 35.9. The van der Waals surface area contributed by atoms with Crippen molar-refractivity contribution in [2.24, 2.45) is 0 Å². The maximum atomic E-state index is 13.6. The Labute approximate surface area is 803 Å². The van der Waals surface area contributed by atoms with Crippen LogP contribution >= 0.6 is 0 Å². The Morgan fingerprint density at radius 1 is 0.303 bits per heavy atom. The summed E-state index contributed by atoms with van der Waals surface area (Å²) in [7, 11) is 0. The highest BCUT2D eigenvalue weighted by Crippen LogP contribution is 2.44. The van der Waals surface area contributed by atoms with E-state index < -0.39 is 451 Å². The van der Waals surface area contributed by atoms with E-state index in [1.165, 1.54) is 6.92 Å². The average molecular weight is 2080 g/mol. The first-order valence-corrected chi connectivity index (χ1v) is 45.1. The molecule has 11 aliphatic rings. The lowest BCUT2D eigenvalue weighted by Gasteiger charge is -2.52. The summed E-state index contributed by atoms with van der Waals surface area (Å²) in [6.45, 7) is -6.54. The first-order valence-electron chi connectivity index (χ1n) is 45.1.